The number of nitrogens with zero attached hydrogens (tertiary/aromatic N) is 2. The van der Waals surface area contributed by atoms with Gasteiger partial charge in [0.25, 0.3) is 0 Å². The van der Waals surface area contributed by atoms with Gasteiger partial charge in [0.05, 0.1) is 0 Å². The maximum atomic E-state index is 13.1. The summed E-state index contributed by atoms with van der Waals surface area (Å²) in [6.45, 7) is 1.90. The molecule has 0 N–H and O–H groups in total. The van der Waals surface area contributed by atoms with Crippen LogP contribution in [0.3, 0.4) is 0 Å². The zero-order chi connectivity index (χ0) is 22.7. The van der Waals surface area contributed by atoms with Gasteiger partial charge in [0, 0.05) is 0 Å². The molecule has 1 saturated heterocycles. The summed E-state index contributed by atoms with van der Waals surface area (Å²) in [5.41, 5.74) is -0.0924. The molecule has 0 spiro atoms. The molecule has 0 aliphatic carbocycles. The number of hydrogen-bond donors (Lipinski definition) is 0. The van der Waals surface area contributed by atoms with E-state index in [2.05, 4.69) is 0 Å². The number of carbonyl (C=O) groups is 2. The third kappa shape index (κ3) is 4.52. The van der Waals surface area contributed by atoms with Gasteiger partial charge >= 0.3 is 191 Å². The zero-order valence-corrected chi connectivity index (χ0v) is 19.2. The first-order chi connectivity index (χ1) is 15.5. The van der Waals surface area contributed by atoms with E-state index in [4.69, 9.17) is 4.74 Å². The van der Waals surface area contributed by atoms with Gasteiger partial charge in [-0.2, -0.15) is 0 Å². The number of ether oxygens (including phenoxy) is 1. The van der Waals surface area contributed by atoms with Crippen molar-refractivity contribution in [1.82, 2.24) is 9.13 Å². The van der Waals surface area contributed by atoms with E-state index in [0.29, 0.717) is 17.7 Å². The van der Waals surface area contributed by atoms with Gasteiger partial charge in [0.2, 0.25) is 0 Å². The quantitative estimate of drug-likeness (QED) is 0.400. The first-order valence-electron chi connectivity index (χ1n) is 10.3. The topological polar surface area (TPSA) is 87.4 Å². The Balaban J connectivity index is 1.51. The van der Waals surface area contributed by atoms with E-state index in [1.54, 1.807) is 67.7 Å². The molecular weight excluding hydrogens is 475 g/mol. The average molecular weight is 497 g/mol. The molecular formula is C24H22N2O5Se. The normalized spacial score (nSPS) is 17.8. The minimum atomic E-state index is -0.628. The molecule has 2 heterocycles. The Morgan fingerprint density at radius 3 is 2.25 bits per heavy atom. The van der Waals surface area contributed by atoms with E-state index in [0.717, 1.165) is 17.4 Å². The molecule has 1 aliphatic rings. The summed E-state index contributed by atoms with van der Waals surface area (Å²) >= 11 is -0.0364. The molecule has 1 aliphatic heterocycles. The molecule has 1 aromatic heterocycles. The summed E-state index contributed by atoms with van der Waals surface area (Å²) in [5.74, 6) is -0.989. The van der Waals surface area contributed by atoms with Crippen molar-refractivity contribution in [2.75, 3.05) is 6.61 Å². The van der Waals surface area contributed by atoms with Crippen molar-refractivity contribution >= 4 is 26.8 Å². The molecule has 0 amide bonds. The molecule has 32 heavy (non-hydrogen) atoms. The Kier molecular flexibility index (Phi) is 6.53. The van der Waals surface area contributed by atoms with Gasteiger partial charge in [-0.25, -0.2) is 0 Å². The Morgan fingerprint density at radius 2 is 1.59 bits per heavy atom. The van der Waals surface area contributed by atoms with Crippen LogP contribution in [0.5, 0.6) is 0 Å². The fraction of sp³-hybridized carbons (Fsp3) is 0.250. The Bertz CT molecular complexity index is 1250. The first kappa shape index (κ1) is 22.0. The van der Waals surface area contributed by atoms with Crippen molar-refractivity contribution in [2.24, 2.45) is 0 Å². The van der Waals surface area contributed by atoms with E-state index in [1.165, 1.54) is 4.57 Å². The van der Waals surface area contributed by atoms with Crippen LogP contribution in [0.1, 0.15) is 44.1 Å². The number of carbonyl (C=O) groups excluding carboxylic acids is 2. The van der Waals surface area contributed by atoms with E-state index in [-0.39, 0.29) is 36.2 Å². The van der Waals surface area contributed by atoms with Gasteiger partial charge in [-0.3, -0.25) is 0 Å². The average Bonchev–Trinajstić information content (AvgIpc) is 3.30. The Morgan fingerprint density at radius 1 is 0.969 bits per heavy atom. The van der Waals surface area contributed by atoms with Crippen LogP contribution in [0.2, 0.25) is 4.82 Å². The van der Waals surface area contributed by atoms with Crippen molar-refractivity contribution < 1.29 is 14.3 Å². The molecule has 3 aromatic rings. The number of rotatable bonds is 5. The summed E-state index contributed by atoms with van der Waals surface area (Å²) in [5, 5.41) is 0. The Hall–Kier alpha value is -3.22. The van der Waals surface area contributed by atoms with Gasteiger partial charge in [-0.1, -0.05) is 0 Å². The molecule has 7 nitrogen and oxygen atoms in total. The van der Waals surface area contributed by atoms with Crippen molar-refractivity contribution in [1.29, 1.82) is 0 Å². The summed E-state index contributed by atoms with van der Waals surface area (Å²) in [7, 11) is 0. The summed E-state index contributed by atoms with van der Waals surface area (Å²) in [6.07, 6.45) is 3.08. The van der Waals surface area contributed by atoms with E-state index >= 15 is 0 Å². The third-order valence-electron chi connectivity index (χ3n) is 5.31. The van der Waals surface area contributed by atoms with Gasteiger partial charge in [-0.05, 0) is 0 Å². The van der Waals surface area contributed by atoms with Crippen LogP contribution in [-0.2, 0) is 4.74 Å². The monoisotopic (exact) mass is 498 g/mol. The van der Waals surface area contributed by atoms with Crippen molar-refractivity contribution in [2.45, 2.75) is 29.5 Å². The maximum absolute atomic E-state index is 13.1. The standard InChI is InChI=1S/C24H22N2O5Se/c1-16-14-25(24(30)26(21(16)27)22(28)17-8-4-2-5-9-17)20-13-12-19(32-20)15-31-23(29)18-10-6-3-7-11-18/h2-11,14,19-20H,12-13,15H2,1H3/t19-,20-/m1/s1. The number of benzene rings is 2. The second-order valence-corrected chi connectivity index (χ2v) is 10.7. The zero-order valence-electron chi connectivity index (χ0n) is 17.5. The number of aromatic nitrogens is 2. The van der Waals surface area contributed by atoms with Gasteiger partial charge in [0.15, 0.2) is 0 Å². The van der Waals surface area contributed by atoms with Gasteiger partial charge in [0.1, 0.15) is 0 Å². The summed E-state index contributed by atoms with van der Waals surface area (Å²) in [4.78, 5) is 50.9. The van der Waals surface area contributed by atoms with Crippen LogP contribution in [0.4, 0.5) is 0 Å². The van der Waals surface area contributed by atoms with Crippen LogP contribution in [0, 0.1) is 6.92 Å². The molecule has 8 heteroatoms. The van der Waals surface area contributed by atoms with Crippen molar-refractivity contribution in [3.63, 3.8) is 0 Å². The van der Waals surface area contributed by atoms with Crippen LogP contribution in [-0.4, -0.2) is 42.6 Å². The first-order valence-corrected chi connectivity index (χ1v) is 12.3. The fourth-order valence-corrected chi connectivity index (χ4v) is 6.61. The molecule has 164 valence electrons. The minimum absolute atomic E-state index is 0.0364. The van der Waals surface area contributed by atoms with Crippen LogP contribution in [0.25, 0.3) is 0 Å². The van der Waals surface area contributed by atoms with Gasteiger partial charge < -0.3 is 0 Å². The second kappa shape index (κ2) is 9.51. The predicted molar refractivity (Wildman–Crippen MR) is 120 cm³/mol. The predicted octanol–water partition coefficient (Wildman–Crippen LogP) is 2.65. The molecule has 0 radical (unpaired) electrons. The van der Waals surface area contributed by atoms with E-state index in [9.17, 15) is 19.2 Å². The number of hydrogen-bond acceptors (Lipinski definition) is 5. The SMILES string of the molecule is Cc1cn([C@H]2CC[C@H](COC(=O)c3ccccc3)[Se]2)c(=O)n(C(=O)c2ccccc2)c1=O. The van der Waals surface area contributed by atoms with Crippen LogP contribution < -0.4 is 11.2 Å². The second-order valence-electron chi connectivity index (χ2n) is 7.57. The third-order valence-corrected chi connectivity index (χ3v) is 8.53. The molecule has 0 saturated carbocycles. The molecule has 0 unspecified atom stereocenters. The summed E-state index contributed by atoms with van der Waals surface area (Å²) in [6, 6.07) is 17.1. The van der Waals surface area contributed by atoms with Crippen LogP contribution in [0.15, 0.2) is 76.4 Å². The Labute approximate surface area is 190 Å². The molecule has 4 rings (SSSR count). The fourth-order valence-electron chi connectivity index (χ4n) is 3.63. The number of esters is 1. The molecule has 1 fully saturated rings. The molecule has 2 aromatic carbocycles. The summed E-state index contributed by atoms with van der Waals surface area (Å²) < 4.78 is 7.71. The van der Waals surface area contributed by atoms with E-state index in [1.807, 2.05) is 6.07 Å². The number of aryl methyl sites for hydroxylation is 1. The van der Waals surface area contributed by atoms with Crippen molar-refractivity contribution in [3.8, 4) is 0 Å². The molecule has 2 atom stereocenters. The van der Waals surface area contributed by atoms with Gasteiger partial charge in [-0.15, -0.1) is 0 Å². The van der Waals surface area contributed by atoms with Crippen molar-refractivity contribution in [3.05, 3.63) is 104 Å². The molecule has 0 bridgehead atoms. The van der Waals surface area contributed by atoms with Crippen LogP contribution >= 0.6 is 0 Å². The van der Waals surface area contributed by atoms with E-state index < -0.39 is 17.2 Å².